The molecule has 2 rings (SSSR count). The van der Waals surface area contributed by atoms with Gasteiger partial charge in [0.1, 0.15) is 6.61 Å². The summed E-state index contributed by atoms with van der Waals surface area (Å²) in [5.41, 5.74) is 0.790. The second-order valence-corrected chi connectivity index (χ2v) is 6.77. The van der Waals surface area contributed by atoms with Crippen LogP contribution in [0, 0.1) is 0 Å². The molecule has 26 heavy (non-hydrogen) atoms. The fourth-order valence-corrected chi connectivity index (χ4v) is 3.38. The molecule has 1 aromatic carbocycles. The number of thioether (sulfide) groups is 1. The Labute approximate surface area is 159 Å². The van der Waals surface area contributed by atoms with E-state index in [1.165, 1.54) is 4.90 Å². The number of benzene rings is 1. The van der Waals surface area contributed by atoms with Crippen LogP contribution in [0.2, 0.25) is 0 Å². The average Bonchev–Trinajstić information content (AvgIpc) is 2.89. The van der Waals surface area contributed by atoms with Gasteiger partial charge in [0.25, 0.3) is 11.1 Å². The summed E-state index contributed by atoms with van der Waals surface area (Å²) >= 11 is 0.985. The molecule has 0 aliphatic carbocycles. The Morgan fingerprint density at radius 1 is 1.15 bits per heavy atom. The molecule has 1 aliphatic heterocycles. The van der Waals surface area contributed by atoms with Crippen LogP contribution in [0.25, 0.3) is 6.08 Å². The highest BCUT2D eigenvalue weighted by atomic mass is 32.2. The molecule has 1 aliphatic rings. The maximum atomic E-state index is 12.5. The Balaban J connectivity index is 2.17. The summed E-state index contributed by atoms with van der Waals surface area (Å²) in [5, 5.41) is -0.201. The Morgan fingerprint density at radius 3 is 2.65 bits per heavy atom. The van der Waals surface area contributed by atoms with Crippen molar-refractivity contribution in [1.82, 2.24) is 4.90 Å². The van der Waals surface area contributed by atoms with E-state index in [0.717, 1.165) is 36.6 Å². The maximum absolute atomic E-state index is 12.5. The smallest absolute Gasteiger partial charge is 0.293 e. The van der Waals surface area contributed by atoms with Gasteiger partial charge < -0.3 is 9.47 Å². The van der Waals surface area contributed by atoms with Crippen LogP contribution in [0.1, 0.15) is 38.7 Å². The largest absolute Gasteiger partial charge is 0.490 e. The van der Waals surface area contributed by atoms with Gasteiger partial charge in [-0.2, -0.15) is 0 Å². The minimum atomic E-state index is -0.221. The van der Waals surface area contributed by atoms with Crippen LogP contribution in [0.15, 0.2) is 35.8 Å². The summed E-state index contributed by atoms with van der Waals surface area (Å²) in [6, 6.07) is 5.45. The quantitative estimate of drug-likeness (QED) is 0.331. The molecule has 0 unspecified atom stereocenters. The molecule has 1 saturated heterocycles. The molecule has 5 nitrogen and oxygen atoms in total. The van der Waals surface area contributed by atoms with Gasteiger partial charge in [0.2, 0.25) is 0 Å². The number of amides is 2. The van der Waals surface area contributed by atoms with E-state index in [2.05, 4.69) is 13.5 Å². The zero-order chi connectivity index (χ0) is 18.9. The molecule has 140 valence electrons. The number of unbranched alkanes of at least 4 members (excludes halogenated alkanes) is 2. The predicted octanol–water partition coefficient (Wildman–Crippen LogP) is 4.88. The van der Waals surface area contributed by atoms with E-state index in [9.17, 15) is 9.59 Å². The third-order valence-corrected chi connectivity index (χ3v) is 4.69. The third-order valence-electron chi connectivity index (χ3n) is 3.78. The molecule has 2 amide bonds. The molecule has 0 atom stereocenters. The minimum absolute atomic E-state index is 0.201. The van der Waals surface area contributed by atoms with E-state index in [1.54, 1.807) is 18.2 Å². The molecule has 0 saturated carbocycles. The molecule has 0 radical (unpaired) electrons. The van der Waals surface area contributed by atoms with Crippen molar-refractivity contribution in [3.8, 4) is 11.5 Å². The number of ether oxygens (including phenoxy) is 2. The zero-order valence-corrected chi connectivity index (χ0v) is 16.1. The Kier molecular flexibility index (Phi) is 7.78. The van der Waals surface area contributed by atoms with Crippen molar-refractivity contribution < 1.29 is 19.1 Å². The first-order valence-corrected chi connectivity index (χ1v) is 9.68. The Morgan fingerprint density at radius 2 is 1.96 bits per heavy atom. The topological polar surface area (TPSA) is 55.8 Å². The summed E-state index contributed by atoms with van der Waals surface area (Å²) < 4.78 is 11.2. The van der Waals surface area contributed by atoms with Crippen LogP contribution >= 0.6 is 11.8 Å². The van der Waals surface area contributed by atoms with Crippen molar-refractivity contribution in [2.45, 2.75) is 33.1 Å². The Bertz CT molecular complexity index is 699. The number of hydrogen-bond donors (Lipinski definition) is 0. The molecular weight excluding hydrogens is 350 g/mol. The van der Waals surface area contributed by atoms with Crippen molar-refractivity contribution in [3.05, 3.63) is 41.3 Å². The highest BCUT2D eigenvalue weighted by Crippen LogP contribution is 2.34. The average molecular weight is 375 g/mol. The van der Waals surface area contributed by atoms with Crippen molar-refractivity contribution in [1.29, 1.82) is 0 Å². The third kappa shape index (κ3) is 5.14. The van der Waals surface area contributed by atoms with Crippen molar-refractivity contribution >= 4 is 29.0 Å². The lowest BCUT2D eigenvalue weighted by Gasteiger charge is -2.12. The highest BCUT2D eigenvalue weighted by molar-refractivity contribution is 8.18. The van der Waals surface area contributed by atoms with Gasteiger partial charge >= 0.3 is 0 Å². The van der Waals surface area contributed by atoms with Crippen molar-refractivity contribution in [2.75, 3.05) is 19.8 Å². The van der Waals surface area contributed by atoms with Crippen LogP contribution in [0.5, 0.6) is 11.5 Å². The standard InChI is InChI=1S/C20H25NO4S/c1-4-7-8-11-21-19(22)18(26-20(21)23)14-15-9-10-16(25-12-5-2)17(13-15)24-6-3/h5,9-10,13-14H,2,4,6-8,11-12H2,1,3H3/b18-14-. The van der Waals surface area contributed by atoms with Crippen molar-refractivity contribution in [2.24, 2.45) is 0 Å². The van der Waals surface area contributed by atoms with Gasteiger partial charge in [-0.05, 0) is 48.9 Å². The van der Waals surface area contributed by atoms with Crippen LogP contribution in [-0.4, -0.2) is 35.8 Å². The lowest BCUT2D eigenvalue weighted by molar-refractivity contribution is -0.122. The highest BCUT2D eigenvalue weighted by Gasteiger charge is 2.34. The van der Waals surface area contributed by atoms with E-state index in [4.69, 9.17) is 9.47 Å². The fraction of sp³-hybridized carbons (Fsp3) is 0.400. The molecule has 6 heteroatoms. The summed E-state index contributed by atoms with van der Waals surface area (Å²) in [4.78, 5) is 26.3. The summed E-state index contributed by atoms with van der Waals surface area (Å²) in [6.45, 7) is 8.99. The summed E-state index contributed by atoms with van der Waals surface area (Å²) in [5.74, 6) is 1.00. The first kappa shape index (κ1) is 20.1. The van der Waals surface area contributed by atoms with Crippen molar-refractivity contribution in [3.63, 3.8) is 0 Å². The SMILES string of the molecule is C=CCOc1ccc(/C=C2\SC(=O)N(CCCCC)C2=O)cc1OCC. The predicted molar refractivity (Wildman–Crippen MR) is 106 cm³/mol. The molecule has 1 fully saturated rings. The first-order valence-electron chi connectivity index (χ1n) is 8.86. The molecular formula is C20H25NO4S. The molecule has 0 aromatic heterocycles. The molecule has 0 bridgehead atoms. The van der Waals surface area contributed by atoms with E-state index >= 15 is 0 Å². The van der Waals surface area contributed by atoms with E-state index in [1.807, 2.05) is 19.1 Å². The number of rotatable bonds is 10. The molecule has 1 aromatic rings. The maximum Gasteiger partial charge on any atom is 0.293 e. The van der Waals surface area contributed by atoms with E-state index in [0.29, 0.717) is 36.2 Å². The van der Waals surface area contributed by atoms with Crippen LogP contribution < -0.4 is 9.47 Å². The minimum Gasteiger partial charge on any atom is -0.490 e. The lowest BCUT2D eigenvalue weighted by Crippen LogP contribution is -2.29. The second kappa shape index (κ2) is 10.1. The lowest BCUT2D eigenvalue weighted by atomic mass is 10.1. The molecule has 0 spiro atoms. The van der Waals surface area contributed by atoms with Gasteiger partial charge in [-0.3, -0.25) is 14.5 Å². The van der Waals surface area contributed by atoms with Gasteiger partial charge in [-0.1, -0.05) is 38.5 Å². The first-order chi connectivity index (χ1) is 12.6. The van der Waals surface area contributed by atoms with Gasteiger partial charge in [-0.25, -0.2) is 0 Å². The normalized spacial score (nSPS) is 15.6. The van der Waals surface area contributed by atoms with Gasteiger partial charge in [0, 0.05) is 6.54 Å². The van der Waals surface area contributed by atoms with Crippen LogP contribution in [-0.2, 0) is 4.79 Å². The van der Waals surface area contributed by atoms with Gasteiger partial charge in [0.05, 0.1) is 11.5 Å². The molecule has 0 N–H and O–H groups in total. The van der Waals surface area contributed by atoms with E-state index < -0.39 is 0 Å². The molecule has 1 heterocycles. The fourth-order valence-electron chi connectivity index (χ4n) is 2.51. The van der Waals surface area contributed by atoms with Crippen LogP contribution in [0.3, 0.4) is 0 Å². The summed E-state index contributed by atoms with van der Waals surface area (Å²) in [6.07, 6.45) is 6.28. The zero-order valence-electron chi connectivity index (χ0n) is 15.3. The Hall–Kier alpha value is -2.21. The number of imide groups is 1. The van der Waals surface area contributed by atoms with Gasteiger partial charge in [-0.15, -0.1) is 0 Å². The van der Waals surface area contributed by atoms with Crippen LogP contribution in [0.4, 0.5) is 4.79 Å². The monoisotopic (exact) mass is 375 g/mol. The van der Waals surface area contributed by atoms with Gasteiger partial charge in [0.15, 0.2) is 11.5 Å². The number of nitrogens with zero attached hydrogens (tertiary/aromatic N) is 1. The number of carbonyl (C=O) groups excluding carboxylic acids is 2. The van der Waals surface area contributed by atoms with E-state index in [-0.39, 0.29) is 11.1 Å². The number of carbonyl (C=O) groups is 2. The second-order valence-electron chi connectivity index (χ2n) is 5.78. The summed E-state index contributed by atoms with van der Waals surface area (Å²) in [7, 11) is 0. The number of hydrogen-bond acceptors (Lipinski definition) is 5.